The second-order valence-corrected chi connectivity index (χ2v) is 8.06. The van der Waals surface area contributed by atoms with Gasteiger partial charge in [-0.15, -0.1) is 0 Å². The predicted molar refractivity (Wildman–Crippen MR) is 113 cm³/mol. The highest BCUT2D eigenvalue weighted by Gasteiger charge is 2.34. The Bertz CT molecular complexity index is 1050. The number of hydrogen-bond acceptors (Lipinski definition) is 2. The van der Waals surface area contributed by atoms with Crippen LogP contribution in [0.1, 0.15) is 48.0 Å². The molecule has 1 saturated carbocycles. The molecular weight excluding hydrogens is 372 g/mol. The zero-order valence-corrected chi connectivity index (χ0v) is 16.4. The maximum atomic E-state index is 13.0. The van der Waals surface area contributed by atoms with Crippen LogP contribution in [0.2, 0.25) is 5.02 Å². The highest BCUT2D eigenvalue weighted by atomic mass is 35.5. The lowest BCUT2D eigenvalue weighted by Crippen LogP contribution is -2.42. The monoisotopic (exact) mass is 394 g/mol. The van der Waals surface area contributed by atoms with Gasteiger partial charge in [-0.25, -0.2) is 0 Å². The first-order chi connectivity index (χ1) is 13.6. The molecule has 4 rings (SSSR count). The Labute approximate surface area is 168 Å². The van der Waals surface area contributed by atoms with Crippen LogP contribution < -0.4 is 10.9 Å². The molecular formula is C23H23ClN2O2. The fraction of sp³-hybridized carbons (Fsp3) is 0.304. The van der Waals surface area contributed by atoms with E-state index in [1.807, 2.05) is 36.4 Å². The molecule has 1 aliphatic rings. The summed E-state index contributed by atoms with van der Waals surface area (Å²) in [6.45, 7) is 0.550. The molecule has 1 aliphatic carbocycles. The van der Waals surface area contributed by atoms with Crippen LogP contribution in [0.4, 0.5) is 0 Å². The molecule has 0 radical (unpaired) electrons. The lowest BCUT2D eigenvalue weighted by molar-refractivity contribution is 0.0938. The molecule has 2 aromatic carbocycles. The number of amides is 1. The van der Waals surface area contributed by atoms with E-state index in [2.05, 4.69) is 22.4 Å². The van der Waals surface area contributed by atoms with E-state index in [-0.39, 0.29) is 16.9 Å². The van der Waals surface area contributed by atoms with Crippen molar-refractivity contribution in [1.82, 2.24) is 10.3 Å². The number of fused-ring (bicyclic) bond motifs is 1. The number of carbonyl (C=O) groups is 1. The van der Waals surface area contributed by atoms with Crippen molar-refractivity contribution >= 4 is 28.4 Å². The summed E-state index contributed by atoms with van der Waals surface area (Å²) in [5.74, 6) is -0.207. The highest BCUT2D eigenvalue weighted by Crippen LogP contribution is 2.39. The Hall–Kier alpha value is -2.59. The van der Waals surface area contributed by atoms with E-state index >= 15 is 0 Å². The van der Waals surface area contributed by atoms with Gasteiger partial charge in [0.2, 0.25) is 5.56 Å². The molecule has 28 heavy (non-hydrogen) atoms. The van der Waals surface area contributed by atoms with E-state index in [0.717, 1.165) is 31.1 Å². The maximum absolute atomic E-state index is 13.0. The number of aromatic amines is 1. The number of pyridine rings is 1. The first kappa shape index (κ1) is 18.8. The topological polar surface area (TPSA) is 62.0 Å². The van der Waals surface area contributed by atoms with Crippen molar-refractivity contribution in [2.24, 2.45) is 0 Å². The van der Waals surface area contributed by atoms with Gasteiger partial charge in [0.15, 0.2) is 0 Å². The van der Waals surface area contributed by atoms with Crippen molar-refractivity contribution in [3.8, 4) is 0 Å². The number of carbonyl (C=O) groups excluding carboxylic acids is 1. The van der Waals surface area contributed by atoms with Gasteiger partial charge < -0.3 is 10.3 Å². The summed E-state index contributed by atoms with van der Waals surface area (Å²) >= 11 is 6.07. The molecule has 1 heterocycles. The molecule has 1 aromatic heterocycles. The number of nitrogens with one attached hydrogen (secondary N) is 2. The molecule has 0 spiro atoms. The number of H-pyrrole nitrogens is 1. The second kappa shape index (κ2) is 7.80. The van der Waals surface area contributed by atoms with Crippen LogP contribution in [0.5, 0.6) is 0 Å². The second-order valence-electron chi connectivity index (χ2n) is 7.62. The van der Waals surface area contributed by atoms with Gasteiger partial charge in [0.1, 0.15) is 0 Å². The van der Waals surface area contributed by atoms with Crippen molar-refractivity contribution in [3.63, 3.8) is 0 Å². The number of benzene rings is 2. The van der Waals surface area contributed by atoms with Crippen molar-refractivity contribution in [1.29, 1.82) is 0 Å². The molecule has 0 unspecified atom stereocenters. The van der Waals surface area contributed by atoms with E-state index in [9.17, 15) is 9.59 Å². The zero-order chi connectivity index (χ0) is 19.6. The molecule has 2 N–H and O–H groups in total. The molecule has 1 amide bonds. The molecule has 0 bridgehead atoms. The molecule has 0 aliphatic heterocycles. The Kier molecular flexibility index (Phi) is 5.23. The number of rotatable bonds is 4. The number of aromatic nitrogens is 1. The normalized spacial score (nSPS) is 16.0. The lowest BCUT2D eigenvalue weighted by Gasteiger charge is -2.38. The molecule has 144 valence electrons. The minimum atomic E-state index is -0.270. The predicted octanol–water partition coefficient (Wildman–Crippen LogP) is 4.81. The summed E-state index contributed by atoms with van der Waals surface area (Å²) in [6, 6.07) is 16.7. The average Bonchev–Trinajstić information content (AvgIpc) is 2.72. The third-order valence-electron chi connectivity index (χ3n) is 5.85. The van der Waals surface area contributed by atoms with Crippen molar-refractivity contribution in [2.45, 2.75) is 37.5 Å². The van der Waals surface area contributed by atoms with Gasteiger partial charge in [-0.3, -0.25) is 9.59 Å². The summed E-state index contributed by atoms with van der Waals surface area (Å²) in [6.07, 6.45) is 5.58. The Balaban J connectivity index is 1.62. The van der Waals surface area contributed by atoms with E-state index in [0.29, 0.717) is 22.6 Å². The maximum Gasteiger partial charge on any atom is 0.252 e. The van der Waals surface area contributed by atoms with Gasteiger partial charge in [-0.2, -0.15) is 0 Å². The van der Waals surface area contributed by atoms with Crippen molar-refractivity contribution < 1.29 is 4.79 Å². The molecule has 4 nitrogen and oxygen atoms in total. The van der Waals surface area contributed by atoms with E-state index in [4.69, 9.17) is 11.6 Å². The summed E-state index contributed by atoms with van der Waals surface area (Å²) < 4.78 is 0. The van der Waals surface area contributed by atoms with Crippen LogP contribution in [-0.2, 0) is 5.41 Å². The van der Waals surface area contributed by atoms with Crippen LogP contribution in [0, 0.1) is 0 Å². The minimum absolute atomic E-state index is 0.0878. The standard InChI is InChI=1S/C23H23ClN2O2/c24-17-10-8-16(9-11-17)23(12-4-1-5-13-23)15-25-22(28)19-14-21(27)26-20-7-3-2-6-18(19)20/h2-3,6-11,14H,1,4-5,12-13,15H2,(H,25,28)(H,26,27). The van der Waals surface area contributed by atoms with Gasteiger partial charge >= 0.3 is 0 Å². The Morgan fingerprint density at radius 1 is 1.04 bits per heavy atom. The van der Waals surface area contributed by atoms with E-state index in [1.165, 1.54) is 18.1 Å². The molecule has 5 heteroatoms. The molecule has 1 fully saturated rings. The highest BCUT2D eigenvalue weighted by molar-refractivity contribution is 6.30. The van der Waals surface area contributed by atoms with E-state index in [1.54, 1.807) is 0 Å². The molecule has 0 saturated heterocycles. The van der Waals surface area contributed by atoms with Crippen LogP contribution in [0.25, 0.3) is 10.9 Å². The van der Waals surface area contributed by atoms with Crippen LogP contribution in [0.3, 0.4) is 0 Å². The van der Waals surface area contributed by atoms with Gasteiger partial charge in [0, 0.05) is 34.0 Å². The Morgan fingerprint density at radius 2 is 1.75 bits per heavy atom. The molecule has 0 atom stereocenters. The van der Waals surface area contributed by atoms with Crippen LogP contribution in [0.15, 0.2) is 59.4 Å². The first-order valence-corrected chi connectivity index (χ1v) is 10.1. The van der Waals surface area contributed by atoms with Gasteiger partial charge in [0.05, 0.1) is 5.56 Å². The summed E-state index contributed by atoms with van der Waals surface area (Å²) in [4.78, 5) is 27.8. The fourth-order valence-electron chi connectivity index (χ4n) is 4.34. The number of halogens is 1. The zero-order valence-electron chi connectivity index (χ0n) is 15.6. The summed E-state index contributed by atoms with van der Waals surface area (Å²) in [5.41, 5.74) is 1.95. The molecule has 3 aromatic rings. The van der Waals surface area contributed by atoms with Crippen molar-refractivity contribution in [2.75, 3.05) is 6.54 Å². The minimum Gasteiger partial charge on any atom is -0.351 e. The first-order valence-electron chi connectivity index (χ1n) is 9.74. The van der Waals surface area contributed by atoms with Crippen molar-refractivity contribution in [3.05, 3.63) is 81.1 Å². The number of para-hydroxylation sites is 1. The average molecular weight is 395 g/mol. The third kappa shape index (κ3) is 3.69. The SMILES string of the molecule is O=C(NCC1(c2ccc(Cl)cc2)CCCCC1)c1cc(=O)[nH]c2ccccc12. The largest absolute Gasteiger partial charge is 0.351 e. The third-order valence-corrected chi connectivity index (χ3v) is 6.10. The van der Waals surface area contributed by atoms with Gasteiger partial charge in [0.25, 0.3) is 5.91 Å². The van der Waals surface area contributed by atoms with Crippen LogP contribution >= 0.6 is 11.6 Å². The smallest absolute Gasteiger partial charge is 0.252 e. The number of hydrogen-bond donors (Lipinski definition) is 2. The van der Waals surface area contributed by atoms with Crippen LogP contribution in [-0.4, -0.2) is 17.4 Å². The fourth-order valence-corrected chi connectivity index (χ4v) is 4.46. The van der Waals surface area contributed by atoms with Gasteiger partial charge in [-0.05, 0) is 36.6 Å². The Morgan fingerprint density at radius 3 is 2.50 bits per heavy atom. The lowest BCUT2D eigenvalue weighted by atomic mass is 9.69. The van der Waals surface area contributed by atoms with Gasteiger partial charge in [-0.1, -0.05) is 61.2 Å². The quantitative estimate of drug-likeness (QED) is 0.666. The summed E-state index contributed by atoms with van der Waals surface area (Å²) in [5, 5.41) is 4.59. The summed E-state index contributed by atoms with van der Waals surface area (Å²) in [7, 11) is 0. The van der Waals surface area contributed by atoms with E-state index < -0.39 is 0 Å².